The van der Waals surface area contributed by atoms with Gasteiger partial charge in [0, 0.05) is 32.7 Å². The Bertz CT molecular complexity index is 679. The summed E-state index contributed by atoms with van der Waals surface area (Å²) < 4.78 is 21.3. The molecule has 0 fully saturated rings. The Morgan fingerprint density at radius 2 is 1.30 bits per heavy atom. The number of hydrogen-bond donors (Lipinski definition) is 2. The molecule has 0 saturated heterocycles. The third kappa shape index (κ3) is 5.82. The molecule has 2 N–H and O–H groups in total. The largest absolute Gasteiger partial charge is 0.525 e. The van der Waals surface area contributed by atoms with E-state index >= 15 is 0 Å². The summed E-state index contributed by atoms with van der Waals surface area (Å²) in [5, 5.41) is 21.2. The maximum Gasteiger partial charge on any atom is 0.200 e. The first-order valence-electron chi connectivity index (χ1n) is 8.11. The van der Waals surface area contributed by atoms with Gasteiger partial charge in [-0.1, -0.05) is 12.1 Å². The van der Waals surface area contributed by atoms with Crippen molar-refractivity contribution in [1.29, 1.82) is 0 Å². The van der Waals surface area contributed by atoms with E-state index < -0.39 is 12.2 Å². The van der Waals surface area contributed by atoms with Crippen molar-refractivity contribution in [1.82, 2.24) is 0 Å². The van der Waals surface area contributed by atoms with Crippen molar-refractivity contribution in [2.24, 2.45) is 0 Å². The molecule has 0 aliphatic heterocycles. The summed E-state index contributed by atoms with van der Waals surface area (Å²) in [6.07, 6.45) is -2.33. The summed E-state index contributed by atoms with van der Waals surface area (Å²) in [4.78, 5) is 0. The van der Waals surface area contributed by atoms with Crippen molar-refractivity contribution >= 4 is 0 Å². The van der Waals surface area contributed by atoms with Crippen LogP contribution in [0, 0.1) is 13.8 Å². The van der Waals surface area contributed by atoms with Gasteiger partial charge in [0.2, 0.25) is 5.75 Å². The van der Waals surface area contributed by atoms with Crippen LogP contribution in [0.2, 0.25) is 0 Å². The molecule has 0 amide bonds. The van der Waals surface area contributed by atoms with Crippen molar-refractivity contribution in [2.45, 2.75) is 12.2 Å². The Morgan fingerprint density at radius 1 is 0.815 bits per heavy atom. The van der Waals surface area contributed by atoms with Crippen molar-refractivity contribution in [2.75, 3.05) is 27.4 Å². The van der Waals surface area contributed by atoms with Crippen LogP contribution in [0.3, 0.4) is 0 Å². The maximum atomic E-state index is 10.6. The Balaban J connectivity index is 0.00000364. The molecular formula is C20H24O6Y-2. The Morgan fingerprint density at radius 3 is 1.74 bits per heavy atom. The SMILES string of the molecule is [CH2-]COc1ccc(C(O)C(O)c2cc(OC)c(OC[CH2-])c(OC)c2)cc1.[Y]. The maximum absolute atomic E-state index is 10.6. The summed E-state index contributed by atoms with van der Waals surface area (Å²) in [5.74, 6) is 1.80. The smallest absolute Gasteiger partial charge is 0.200 e. The fourth-order valence-electron chi connectivity index (χ4n) is 2.56. The van der Waals surface area contributed by atoms with E-state index in [1.54, 1.807) is 36.4 Å². The molecule has 7 heteroatoms. The average Bonchev–Trinajstić information content (AvgIpc) is 2.68. The molecule has 0 saturated carbocycles. The summed E-state index contributed by atoms with van der Waals surface area (Å²) in [7, 11) is 2.97. The Hall–Kier alpha value is -1.34. The molecule has 2 atom stereocenters. The molecule has 0 spiro atoms. The van der Waals surface area contributed by atoms with E-state index in [4.69, 9.17) is 18.9 Å². The standard InChI is InChI=1S/C20H24O6.Y/c1-5-25-15-9-7-13(8-10-15)18(21)19(22)14-11-16(23-3)20(26-6-2)17(12-14)24-4;/h7-12,18-19,21-22H,1-2,5-6H2,3-4H3;/q-2;. The van der Waals surface area contributed by atoms with E-state index in [0.29, 0.717) is 40.7 Å². The molecule has 145 valence electrons. The molecule has 0 heterocycles. The van der Waals surface area contributed by atoms with Crippen LogP contribution in [-0.4, -0.2) is 37.6 Å². The van der Waals surface area contributed by atoms with Gasteiger partial charge in [0.1, 0.15) is 18.0 Å². The molecular weight excluding hydrogens is 425 g/mol. The zero-order valence-corrected chi connectivity index (χ0v) is 18.4. The van der Waals surface area contributed by atoms with Gasteiger partial charge >= 0.3 is 0 Å². The fraction of sp³-hybridized carbons (Fsp3) is 0.300. The zero-order chi connectivity index (χ0) is 19.1. The number of hydrogen-bond acceptors (Lipinski definition) is 6. The van der Waals surface area contributed by atoms with E-state index in [1.807, 2.05) is 0 Å². The van der Waals surface area contributed by atoms with Crippen LogP contribution in [-0.2, 0) is 32.7 Å². The van der Waals surface area contributed by atoms with Gasteiger partial charge in [0.15, 0.2) is 11.5 Å². The number of rotatable bonds is 9. The summed E-state index contributed by atoms with van der Waals surface area (Å²) in [5.41, 5.74) is 0.977. The molecule has 2 aromatic rings. The Kier molecular flexibility index (Phi) is 10.1. The summed E-state index contributed by atoms with van der Waals surface area (Å²) >= 11 is 0. The topological polar surface area (TPSA) is 77.4 Å². The first-order chi connectivity index (χ1) is 12.5. The van der Waals surface area contributed by atoms with Crippen LogP contribution < -0.4 is 18.9 Å². The second kappa shape index (κ2) is 11.5. The molecule has 6 nitrogen and oxygen atoms in total. The van der Waals surface area contributed by atoms with E-state index in [2.05, 4.69) is 13.8 Å². The van der Waals surface area contributed by atoms with Gasteiger partial charge in [0.05, 0.1) is 14.2 Å². The minimum absolute atomic E-state index is 0. The third-order valence-electron chi connectivity index (χ3n) is 3.86. The summed E-state index contributed by atoms with van der Waals surface area (Å²) in [6, 6.07) is 10.00. The van der Waals surface area contributed by atoms with Crippen LogP contribution in [0.1, 0.15) is 23.3 Å². The first-order valence-corrected chi connectivity index (χ1v) is 8.11. The van der Waals surface area contributed by atoms with Crippen molar-refractivity contribution in [3.8, 4) is 23.0 Å². The summed E-state index contributed by atoms with van der Waals surface area (Å²) in [6.45, 7) is 7.76. The van der Waals surface area contributed by atoms with Crippen LogP contribution in [0.25, 0.3) is 0 Å². The van der Waals surface area contributed by atoms with E-state index in [0.717, 1.165) is 0 Å². The molecule has 0 bridgehead atoms. The van der Waals surface area contributed by atoms with Crippen molar-refractivity contribution in [3.05, 3.63) is 61.4 Å². The number of benzene rings is 2. The van der Waals surface area contributed by atoms with Gasteiger partial charge < -0.3 is 43.0 Å². The quantitative estimate of drug-likeness (QED) is 0.574. The molecule has 0 aliphatic rings. The van der Waals surface area contributed by atoms with Crippen molar-refractivity contribution < 1.29 is 61.9 Å². The van der Waals surface area contributed by atoms with Crippen LogP contribution in [0.5, 0.6) is 23.0 Å². The van der Waals surface area contributed by atoms with Gasteiger partial charge in [-0.15, -0.1) is 0 Å². The average molecular weight is 449 g/mol. The predicted molar refractivity (Wildman–Crippen MR) is 97.6 cm³/mol. The van der Waals surface area contributed by atoms with E-state index in [9.17, 15) is 10.2 Å². The van der Waals surface area contributed by atoms with Crippen LogP contribution in [0.15, 0.2) is 36.4 Å². The molecule has 27 heavy (non-hydrogen) atoms. The minimum Gasteiger partial charge on any atom is -0.525 e. The monoisotopic (exact) mass is 449 g/mol. The number of aliphatic hydroxyl groups excluding tert-OH is 2. The van der Waals surface area contributed by atoms with Gasteiger partial charge in [-0.05, 0) is 48.6 Å². The molecule has 1 radical (unpaired) electrons. The fourth-order valence-corrected chi connectivity index (χ4v) is 2.56. The van der Waals surface area contributed by atoms with Crippen LogP contribution >= 0.6 is 0 Å². The third-order valence-corrected chi connectivity index (χ3v) is 3.86. The number of ether oxygens (including phenoxy) is 4. The molecule has 0 aliphatic carbocycles. The molecule has 2 unspecified atom stereocenters. The van der Waals surface area contributed by atoms with Gasteiger partial charge in [-0.3, -0.25) is 0 Å². The van der Waals surface area contributed by atoms with Crippen LogP contribution in [0.4, 0.5) is 0 Å². The zero-order valence-electron chi connectivity index (χ0n) is 15.6. The van der Waals surface area contributed by atoms with Gasteiger partial charge in [0.25, 0.3) is 0 Å². The minimum atomic E-state index is -1.19. The predicted octanol–water partition coefficient (Wildman–Crippen LogP) is 2.89. The van der Waals surface area contributed by atoms with Gasteiger partial charge in [-0.2, -0.15) is 0 Å². The van der Waals surface area contributed by atoms with Crippen molar-refractivity contribution in [3.63, 3.8) is 0 Å². The second-order valence-corrected chi connectivity index (χ2v) is 5.41. The molecule has 0 aromatic heterocycles. The molecule has 2 aromatic carbocycles. The second-order valence-electron chi connectivity index (χ2n) is 5.41. The molecule has 2 rings (SSSR count). The van der Waals surface area contributed by atoms with E-state index in [-0.39, 0.29) is 39.3 Å². The number of methoxy groups -OCH3 is 2. The van der Waals surface area contributed by atoms with Gasteiger partial charge in [-0.25, -0.2) is 0 Å². The van der Waals surface area contributed by atoms with E-state index in [1.165, 1.54) is 14.2 Å². The Labute approximate surface area is 185 Å². The number of aliphatic hydroxyl groups is 2. The normalized spacial score (nSPS) is 12.5. The first kappa shape index (κ1) is 23.7.